The molecule has 114 valence electrons. The maximum Gasteiger partial charge on any atom is 0.244 e. The average Bonchev–Trinajstić information content (AvgIpc) is 2.49. The summed E-state index contributed by atoms with van der Waals surface area (Å²) >= 11 is 0. The Hall–Kier alpha value is -2.05. The van der Waals surface area contributed by atoms with Crippen LogP contribution in [-0.4, -0.2) is 55.3 Å². The van der Waals surface area contributed by atoms with E-state index in [1.54, 1.807) is 12.1 Å². The first-order chi connectivity index (χ1) is 10.1. The summed E-state index contributed by atoms with van der Waals surface area (Å²) < 4.78 is 5.26. The minimum atomic E-state index is -0.175. The molecular formula is C15H21N3O3. The lowest BCUT2D eigenvalue weighted by Crippen LogP contribution is -2.41. The van der Waals surface area contributed by atoms with Crippen LogP contribution in [-0.2, 0) is 9.53 Å². The predicted octanol–water partition coefficient (Wildman–Crippen LogP) is 0.436. The second-order valence-electron chi connectivity index (χ2n) is 4.89. The lowest BCUT2D eigenvalue weighted by molar-refractivity contribution is -0.116. The Morgan fingerprint density at radius 2 is 2.19 bits per heavy atom. The number of morpholine rings is 1. The Balaban J connectivity index is 1.75. The van der Waals surface area contributed by atoms with Gasteiger partial charge in [0.15, 0.2) is 0 Å². The molecule has 0 spiro atoms. The number of phenolic OH excluding ortho intramolecular Hbond substituents is 1. The van der Waals surface area contributed by atoms with E-state index in [1.165, 1.54) is 18.2 Å². The van der Waals surface area contributed by atoms with Crippen molar-refractivity contribution in [2.45, 2.75) is 0 Å². The zero-order chi connectivity index (χ0) is 15.1. The van der Waals surface area contributed by atoms with Gasteiger partial charge in [-0.15, -0.1) is 0 Å². The Kier molecular flexibility index (Phi) is 5.59. The Morgan fingerprint density at radius 1 is 1.43 bits per heavy atom. The van der Waals surface area contributed by atoms with Gasteiger partial charge in [0.1, 0.15) is 5.75 Å². The summed E-state index contributed by atoms with van der Waals surface area (Å²) in [5.41, 5.74) is 6.90. The topological polar surface area (TPSA) is 87.8 Å². The summed E-state index contributed by atoms with van der Waals surface area (Å²) in [6.45, 7) is 4.74. The van der Waals surface area contributed by atoms with Gasteiger partial charge in [0.2, 0.25) is 5.91 Å². The number of amides is 1. The number of aromatic hydroxyl groups is 1. The van der Waals surface area contributed by atoms with Crippen molar-refractivity contribution in [1.29, 1.82) is 0 Å². The molecule has 4 N–H and O–H groups in total. The molecule has 0 aliphatic carbocycles. The molecule has 6 heteroatoms. The van der Waals surface area contributed by atoms with Crippen LogP contribution in [0.1, 0.15) is 5.56 Å². The number of benzene rings is 1. The van der Waals surface area contributed by atoms with Crippen molar-refractivity contribution in [2.75, 3.05) is 45.1 Å². The number of anilines is 1. The van der Waals surface area contributed by atoms with Gasteiger partial charge in [-0.2, -0.15) is 0 Å². The third kappa shape index (κ3) is 5.09. The zero-order valence-corrected chi connectivity index (χ0v) is 11.9. The summed E-state index contributed by atoms with van der Waals surface area (Å²) in [5, 5.41) is 12.2. The first kappa shape index (κ1) is 15.3. The van der Waals surface area contributed by atoms with Crippen LogP contribution in [0.4, 0.5) is 5.69 Å². The smallest absolute Gasteiger partial charge is 0.244 e. The number of rotatable bonds is 5. The molecule has 0 bridgehead atoms. The number of hydrogen-bond acceptors (Lipinski definition) is 5. The molecule has 0 radical (unpaired) electrons. The number of carbonyl (C=O) groups is 1. The summed E-state index contributed by atoms with van der Waals surface area (Å²) in [5.74, 6) is -0.0532. The van der Waals surface area contributed by atoms with Crippen molar-refractivity contribution in [3.05, 3.63) is 29.8 Å². The van der Waals surface area contributed by atoms with Crippen LogP contribution in [0.3, 0.4) is 0 Å². The minimum Gasteiger partial charge on any atom is -0.508 e. The zero-order valence-electron chi connectivity index (χ0n) is 11.9. The molecule has 0 unspecified atom stereocenters. The summed E-state index contributed by atoms with van der Waals surface area (Å²) in [4.78, 5) is 14.0. The quantitative estimate of drug-likeness (QED) is 0.416. The second kappa shape index (κ2) is 7.66. The minimum absolute atomic E-state index is 0.122. The molecule has 1 amide bonds. The highest BCUT2D eigenvalue weighted by Crippen LogP contribution is 2.19. The van der Waals surface area contributed by atoms with E-state index in [0.717, 1.165) is 32.8 Å². The van der Waals surface area contributed by atoms with Crippen molar-refractivity contribution < 1.29 is 14.6 Å². The third-order valence-corrected chi connectivity index (χ3v) is 3.32. The van der Waals surface area contributed by atoms with E-state index >= 15 is 0 Å². The van der Waals surface area contributed by atoms with Crippen molar-refractivity contribution in [3.8, 4) is 5.75 Å². The molecular weight excluding hydrogens is 270 g/mol. The van der Waals surface area contributed by atoms with E-state index in [9.17, 15) is 9.90 Å². The fourth-order valence-corrected chi connectivity index (χ4v) is 2.09. The molecule has 0 saturated carbocycles. The molecule has 21 heavy (non-hydrogen) atoms. The SMILES string of the molecule is Nc1ccc(O)cc1/C=C/C(=O)NCCN1CCOCC1. The maximum absolute atomic E-state index is 11.7. The molecule has 6 nitrogen and oxygen atoms in total. The van der Waals surface area contributed by atoms with E-state index in [-0.39, 0.29) is 11.7 Å². The van der Waals surface area contributed by atoms with Gasteiger partial charge in [-0.05, 0) is 24.3 Å². The third-order valence-electron chi connectivity index (χ3n) is 3.32. The normalized spacial score (nSPS) is 16.2. The van der Waals surface area contributed by atoms with Gasteiger partial charge in [0, 0.05) is 43.5 Å². The first-order valence-corrected chi connectivity index (χ1v) is 6.99. The number of nitrogen functional groups attached to an aromatic ring is 1. The second-order valence-corrected chi connectivity index (χ2v) is 4.89. The van der Waals surface area contributed by atoms with Crippen molar-refractivity contribution in [2.24, 2.45) is 0 Å². The molecule has 1 aromatic carbocycles. The van der Waals surface area contributed by atoms with Crippen molar-refractivity contribution >= 4 is 17.7 Å². The molecule has 0 aromatic heterocycles. The molecule has 1 aromatic rings. The molecule has 1 fully saturated rings. The van der Waals surface area contributed by atoms with Crippen molar-refractivity contribution in [1.82, 2.24) is 10.2 Å². The van der Waals surface area contributed by atoms with Crippen LogP contribution in [0.2, 0.25) is 0 Å². The molecule has 1 saturated heterocycles. The van der Waals surface area contributed by atoms with Crippen LogP contribution in [0.15, 0.2) is 24.3 Å². The van der Waals surface area contributed by atoms with Gasteiger partial charge in [0.05, 0.1) is 13.2 Å². The van der Waals surface area contributed by atoms with Crippen molar-refractivity contribution in [3.63, 3.8) is 0 Å². The molecule has 1 aliphatic heterocycles. The van der Waals surface area contributed by atoms with E-state index in [1.807, 2.05) is 0 Å². The fourth-order valence-electron chi connectivity index (χ4n) is 2.09. The van der Waals surface area contributed by atoms with E-state index in [2.05, 4.69) is 10.2 Å². The van der Waals surface area contributed by atoms with Crippen LogP contribution in [0.5, 0.6) is 5.75 Å². The van der Waals surface area contributed by atoms with E-state index < -0.39 is 0 Å². The lowest BCUT2D eigenvalue weighted by atomic mass is 10.1. The first-order valence-electron chi connectivity index (χ1n) is 6.99. The standard InChI is InChI=1S/C15H21N3O3/c16-14-3-2-13(19)11-12(14)1-4-15(20)17-5-6-18-7-9-21-10-8-18/h1-4,11,19H,5-10,16H2,(H,17,20)/b4-1+. The summed E-state index contributed by atoms with van der Waals surface area (Å²) in [6.07, 6.45) is 3.02. The van der Waals surface area contributed by atoms with Gasteiger partial charge in [-0.25, -0.2) is 0 Å². The number of nitrogens with one attached hydrogen (secondary N) is 1. The average molecular weight is 291 g/mol. The summed E-state index contributed by atoms with van der Waals surface area (Å²) in [6, 6.07) is 4.63. The monoisotopic (exact) mass is 291 g/mol. The Labute approximate surface area is 124 Å². The van der Waals surface area contributed by atoms with Gasteiger partial charge in [-0.3, -0.25) is 9.69 Å². The summed E-state index contributed by atoms with van der Waals surface area (Å²) in [7, 11) is 0. The maximum atomic E-state index is 11.7. The number of nitrogens with two attached hydrogens (primary N) is 1. The van der Waals surface area contributed by atoms with Crippen LogP contribution in [0, 0.1) is 0 Å². The Morgan fingerprint density at radius 3 is 2.95 bits per heavy atom. The number of ether oxygens (including phenoxy) is 1. The molecule has 1 aliphatic rings. The van der Waals surface area contributed by atoms with Gasteiger partial charge in [0.25, 0.3) is 0 Å². The van der Waals surface area contributed by atoms with Gasteiger partial charge in [-0.1, -0.05) is 0 Å². The predicted molar refractivity (Wildman–Crippen MR) is 81.8 cm³/mol. The molecule has 1 heterocycles. The van der Waals surface area contributed by atoms with Gasteiger partial charge >= 0.3 is 0 Å². The molecule has 2 rings (SSSR count). The number of phenols is 1. The van der Waals surface area contributed by atoms with Crippen LogP contribution < -0.4 is 11.1 Å². The number of carbonyl (C=O) groups excluding carboxylic acids is 1. The largest absolute Gasteiger partial charge is 0.508 e. The highest BCUT2D eigenvalue weighted by Gasteiger charge is 2.09. The van der Waals surface area contributed by atoms with Crippen LogP contribution in [0.25, 0.3) is 6.08 Å². The van der Waals surface area contributed by atoms with E-state index in [0.29, 0.717) is 17.8 Å². The number of nitrogens with zero attached hydrogens (tertiary/aromatic N) is 1. The van der Waals surface area contributed by atoms with Crippen LogP contribution >= 0.6 is 0 Å². The van der Waals surface area contributed by atoms with Gasteiger partial charge < -0.3 is 20.9 Å². The Bertz CT molecular complexity index is 511. The highest BCUT2D eigenvalue weighted by molar-refractivity contribution is 5.92. The highest BCUT2D eigenvalue weighted by atomic mass is 16.5. The van der Waals surface area contributed by atoms with E-state index in [4.69, 9.17) is 10.5 Å². The number of hydrogen-bond donors (Lipinski definition) is 3. The lowest BCUT2D eigenvalue weighted by Gasteiger charge is -2.26. The fraction of sp³-hybridized carbons (Fsp3) is 0.400. The molecule has 0 atom stereocenters.